The molecule has 0 saturated carbocycles. The average molecular weight is 356 g/mol. The van der Waals surface area contributed by atoms with E-state index >= 15 is 0 Å². The van der Waals surface area contributed by atoms with Gasteiger partial charge in [0.25, 0.3) is 11.7 Å². The minimum Gasteiger partial charge on any atom is -0.480 e. The fraction of sp³-hybridized carbons (Fsp3) is 0.417. The lowest BCUT2D eigenvalue weighted by Gasteiger charge is -2.15. The Balaban J connectivity index is 2.19. The number of hydrogen-bond donors (Lipinski definition) is 2. The van der Waals surface area contributed by atoms with Crippen molar-refractivity contribution in [2.45, 2.75) is 26.3 Å². The third kappa shape index (κ3) is 3.75. The van der Waals surface area contributed by atoms with Crippen molar-refractivity contribution in [2.24, 2.45) is 5.92 Å². The van der Waals surface area contributed by atoms with Crippen LogP contribution in [0, 0.1) is 5.92 Å². The van der Waals surface area contributed by atoms with Crippen LogP contribution in [0.4, 0.5) is 0 Å². The molecule has 1 amide bonds. The van der Waals surface area contributed by atoms with Gasteiger partial charge in [0.15, 0.2) is 0 Å². The Morgan fingerprint density at radius 3 is 2.81 bits per heavy atom. The zero-order chi connectivity index (χ0) is 15.6. The number of nitrogens with zero attached hydrogens (tertiary/aromatic N) is 4. The topological polar surface area (TPSA) is 109 Å². The zero-order valence-corrected chi connectivity index (χ0v) is 13.0. The van der Waals surface area contributed by atoms with Gasteiger partial charge >= 0.3 is 5.97 Å². The van der Waals surface area contributed by atoms with E-state index in [4.69, 9.17) is 5.11 Å². The van der Waals surface area contributed by atoms with Gasteiger partial charge in [-0.15, -0.1) is 5.10 Å². The smallest absolute Gasteiger partial charge is 0.326 e. The van der Waals surface area contributed by atoms with E-state index in [0.29, 0.717) is 10.9 Å². The molecule has 9 heteroatoms. The van der Waals surface area contributed by atoms with Crippen LogP contribution < -0.4 is 5.32 Å². The van der Waals surface area contributed by atoms with Crippen LogP contribution in [-0.2, 0) is 4.79 Å². The van der Waals surface area contributed by atoms with Crippen molar-refractivity contribution in [3.8, 4) is 0 Å². The molecule has 112 valence electrons. The second-order valence-corrected chi connectivity index (χ2v) is 5.86. The predicted molar refractivity (Wildman–Crippen MR) is 76.8 cm³/mol. The number of carboxylic acids is 1. The van der Waals surface area contributed by atoms with Crippen LogP contribution in [0.2, 0.25) is 0 Å². The first-order valence-electron chi connectivity index (χ1n) is 6.28. The maximum Gasteiger partial charge on any atom is 0.326 e. The summed E-state index contributed by atoms with van der Waals surface area (Å²) in [5, 5.41) is 15.5. The summed E-state index contributed by atoms with van der Waals surface area (Å²) in [4.78, 5) is 31.1. The number of carboxylic acid groups (broad SMARTS) is 1. The highest BCUT2D eigenvalue weighted by Gasteiger charge is 2.24. The number of nitrogens with one attached hydrogen (secondary N) is 1. The fourth-order valence-electron chi connectivity index (χ4n) is 1.77. The van der Waals surface area contributed by atoms with Gasteiger partial charge in [-0.05, 0) is 28.3 Å². The number of hydrogen-bond acceptors (Lipinski definition) is 5. The summed E-state index contributed by atoms with van der Waals surface area (Å²) in [5.74, 6) is -1.43. The number of aliphatic carboxylic acids is 1. The first-order valence-corrected chi connectivity index (χ1v) is 7.07. The van der Waals surface area contributed by atoms with E-state index in [-0.39, 0.29) is 17.5 Å². The van der Waals surface area contributed by atoms with Crippen molar-refractivity contribution in [2.75, 3.05) is 0 Å². The van der Waals surface area contributed by atoms with E-state index in [1.54, 1.807) is 6.20 Å². The Labute approximate surface area is 128 Å². The molecule has 0 aliphatic rings. The number of amides is 1. The summed E-state index contributed by atoms with van der Waals surface area (Å²) in [6, 6.07) is -0.969. The van der Waals surface area contributed by atoms with Crippen LogP contribution in [0.15, 0.2) is 16.9 Å². The van der Waals surface area contributed by atoms with Crippen molar-refractivity contribution < 1.29 is 14.7 Å². The van der Waals surface area contributed by atoms with Gasteiger partial charge < -0.3 is 10.4 Å². The maximum absolute atomic E-state index is 12.0. The van der Waals surface area contributed by atoms with Crippen molar-refractivity contribution in [1.29, 1.82) is 0 Å². The number of aromatic nitrogens is 4. The van der Waals surface area contributed by atoms with Gasteiger partial charge in [-0.1, -0.05) is 13.8 Å². The molecule has 2 N–H and O–H groups in total. The fourth-order valence-corrected chi connectivity index (χ4v) is 2.07. The van der Waals surface area contributed by atoms with E-state index in [0.717, 1.165) is 0 Å². The SMILES string of the molecule is CC(C)CC(NC(=O)c1nc2ncc(Br)cn2n1)C(=O)O. The molecule has 2 heterocycles. The number of fused-ring (bicyclic) bond motifs is 1. The highest BCUT2D eigenvalue weighted by Crippen LogP contribution is 2.09. The molecule has 0 aliphatic carbocycles. The molecule has 0 bridgehead atoms. The molecule has 0 aromatic carbocycles. The van der Waals surface area contributed by atoms with E-state index in [1.165, 1.54) is 10.7 Å². The third-order valence-electron chi connectivity index (χ3n) is 2.68. The summed E-state index contributed by atoms with van der Waals surface area (Å²) in [6.45, 7) is 3.76. The molecule has 0 fully saturated rings. The highest BCUT2D eigenvalue weighted by atomic mass is 79.9. The van der Waals surface area contributed by atoms with Gasteiger partial charge in [-0.2, -0.15) is 4.98 Å². The first kappa shape index (κ1) is 15.4. The number of carbonyl (C=O) groups is 2. The Hall–Kier alpha value is -2.03. The molecule has 1 atom stereocenters. The Morgan fingerprint density at radius 1 is 1.48 bits per heavy atom. The highest BCUT2D eigenvalue weighted by molar-refractivity contribution is 9.10. The van der Waals surface area contributed by atoms with Gasteiger partial charge in [0.05, 0.1) is 4.47 Å². The van der Waals surface area contributed by atoms with Crippen LogP contribution in [0.25, 0.3) is 5.78 Å². The summed E-state index contributed by atoms with van der Waals surface area (Å²) in [6.07, 6.45) is 3.47. The van der Waals surface area contributed by atoms with Gasteiger partial charge in [-0.25, -0.2) is 14.3 Å². The molecule has 21 heavy (non-hydrogen) atoms. The van der Waals surface area contributed by atoms with E-state index in [2.05, 4.69) is 36.3 Å². The molecular weight excluding hydrogens is 342 g/mol. The van der Waals surface area contributed by atoms with Crippen LogP contribution in [0.5, 0.6) is 0 Å². The standard InChI is InChI=1S/C12H14BrN5O3/c1-6(2)3-8(11(20)21)15-10(19)9-16-12-14-4-7(13)5-18(12)17-9/h4-6,8H,3H2,1-2H3,(H,15,19)(H,20,21). The lowest BCUT2D eigenvalue weighted by molar-refractivity contribution is -0.139. The van der Waals surface area contributed by atoms with Crippen LogP contribution >= 0.6 is 15.9 Å². The summed E-state index contributed by atoms with van der Waals surface area (Å²) in [7, 11) is 0. The molecule has 0 spiro atoms. The van der Waals surface area contributed by atoms with Crippen molar-refractivity contribution in [3.63, 3.8) is 0 Å². The third-order valence-corrected chi connectivity index (χ3v) is 3.09. The van der Waals surface area contributed by atoms with E-state index in [1.807, 2.05) is 13.8 Å². The van der Waals surface area contributed by atoms with Crippen molar-refractivity contribution in [3.05, 3.63) is 22.7 Å². The summed E-state index contributed by atoms with van der Waals surface area (Å²) < 4.78 is 2.03. The van der Waals surface area contributed by atoms with E-state index < -0.39 is 17.9 Å². The molecule has 0 aliphatic heterocycles. The number of halogens is 1. The quantitative estimate of drug-likeness (QED) is 0.831. The normalized spacial score (nSPS) is 12.6. The number of rotatable bonds is 5. The maximum atomic E-state index is 12.0. The Morgan fingerprint density at radius 2 is 2.19 bits per heavy atom. The molecule has 0 saturated heterocycles. The molecule has 2 aromatic heterocycles. The first-order chi connectivity index (χ1) is 9.86. The zero-order valence-electron chi connectivity index (χ0n) is 11.4. The van der Waals surface area contributed by atoms with Crippen LogP contribution in [0.3, 0.4) is 0 Å². The van der Waals surface area contributed by atoms with E-state index in [9.17, 15) is 9.59 Å². The molecule has 2 rings (SSSR count). The molecule has 2 aromatic rings. The predicted octanol–water partition coefficient (Wildman–Crippen LogP) is 1.12. The van der Waals surface area contributed by atoms with Gasteiger partial charge in [-0.3, -0.25) is 4.79 Å². The van der Waals surface area contributed by atoms with Crippen molar-refractivity contribution in [1.82, 2.24) is 24.9 Å². The van der Waals surface area contributed by atoms with Crippen molar-refractivity contribution >= 4 is 33.6 Å². The summed E-state index contributed by atoms with van der Waals surface area (Å²) >= 11 is 3.24. The number of carbonyl (C=O) groups excluding carboxylic acids is 1. The van der Waals surface area contributed by atoms with Crippen LogP contribution in [0.1, 0.15) is 30.9 Å². The second-order valence-electron chi connectivity index (χ2n) is 4.95. The molecule has 0 radical (unpaired) electrons. The molecule has 1 unspecified atom stereocenters. The van der Waals surface area contributed by atoms with Gasteiger partial charge in [0.1, 0.15) is 6.04 Å². The van der Waals surface area contributed by atoms with Gasteiger partial charge in [0, 0.05) is 12.4 Å². The van der Waals surface area contributed by atoms with Gasteiger partial charge in [0.2, 0.25) is 5.82 Å². The Kier molecular flexibility index (Phi) is 4.51. The molecular formula is C12H14BrN5O3. The Bertz CT molecular complexity index is 685. The molecule has 8 nitrogen and oxygen atoms in total. The largest absolute Gasteiger partial charge is 0.480 e. The van der Waals surface area contributed by atoms with Crippen LogP contribution in [-0.4, -0.2) is 42.6 Å². The average Bonchev–Trinajstić information content (AvgIpc) is 2.80. The summed E-state index contributed by atoms with van der Waals surface area (Å²) in [5.41, 5.74) is 0. The lowest BCUT2D eigenvalue weighted by Crippen LogP contribution is -2.42. The monoisotopic (exact) mass is 355 g/mol. The minimum atomic E-state index is -1.08. The lowest BCUT2D eigenvalue weighted by atomic mass is 10.0. The minimum absolute atomic E-state index is 0.115. The second kappa shape index (κ2) is 6.17.